The van der Waals surface area contributed by atoms with Crippen molar-refractivity contribution in [3.63, 3.8) is 0 Å². The number of fused-ring (bicyclic) bond motifs is 1. The molecule has 0 atom stereocenters. The van der Waals surface area contributed by atoms with Gasteiger partial charge in [-0.2, -0.15) is 10.4 Å². The predicted octanol–water partition coefficient (Wildman–Crippen LogP) is 3.33. The summed E-state index contributed by atoms with van der Waals surface area (Å²) < 4.78 is 29.5. The fourth-order valence-electron chi connectivity index (χ4n) is 5.64. The van der Waals surface area contributed by atoms with Crippen LogP contribution in [-0.4, -0.2) is 106 Å². The summed E-state index contributed by atoms with van der Waals surface area (Å²) in [6, 6.07) is 9.97. The summed E-state index contributed by atoms with van der Waals surface area (Å²) in [4.78, 5) is 30.3. The molecular formula is C30H33F2N9O2S. The highest BCUT2D eigenvalue weighted by molar-refractivity contribution is 7.16. The number of likely N-dealkylation sites (tertiary alicyclic amines) is 1. The van der Waals surface area contributed by atoms with Gasteiger partial charge < -0.3 is 14.9 Å². The van der Waals surface area contributed by atoms with Gasteiger partial charge in [0.05, 0.1) is 19.2 Å². The molecule has 0 radical (unpaired) electrons. The highest BCUT2D eigenvalue weighted by Gasteiger charge is 2.31. The van der Waals surface area contributed by atoms with E-state index < -0.39 is 12.8 Å². The van der Waals surface area contributed by atoms with Crippen LogP contribution in [0.2, 0.25) is 0 Å². The smallest absolute Gasteiger partial charge is 0.236 e. The Morgan fingerprint density at radius 1 is 1.16 bits per heavy atom. The lowest BCUT2D eigenvalue weighted by Gasteiger charge is -2.39. The van der Waals surface area contributed by atoms with Crippen LogP contribution >= 0.6 is 11.3 Å². The van der Waals surface area contributed by atoms with E-state index >= 15 is 0 Å². The number of β-amino-alcohol motifs (C(OH)–C–C–N with tert-alkyl or cyclic N) is 1. The van der Waals surface area contributed by atoms with Crippen LogP contribution in [0.4, 0.5) is 25.5 Å². The Hall–Kier alpha value is -4.19. The van der Waals surface area contributed by atoms with Crippen molar-refractivity contribution >= 4 is 45.0 Å². The van der Waals surface area contributed by atoms with Crippen molar-refractivity contribution in [2.24, 2.45) is 0 Å². The summed E-state index contributed by atoms with van der Waals surface area (Å²) in [5.41, 5.74) is 3.25. The fourth-order valence-corrected chi connectivity index (χ4v) is 6.55. The largest absolute Gasteiger partial charge is 0.389 e. The first-order valence-corrected chi connectivity index (χ1v) is 15.4. The zero-order valence-corrected chi connectivity index (χ0v) is 25.4. The molecule has 4 aromatic rings. The molecule has 44 heavy (non-hydrogen) atoms. The lowest BCUT2D eigenvalue weighted by atomic mass is 10.1. The number of rotatable bonds is 9. The Balaban J connectivity index is 1.31. The molecule has 3 aromatic heterocycles. The number of amides is 1. The molecule has 2 saturated heterocycles. The van der Waals surface area contributed by atoms with E-state index in [2.05, 4.69) is 15.9 Å². The van der Waals surface area contributed by atoms with Crippen LogP contribution in [-0.2, 0) is 11.3 Å². The summed E-state index contributed by atoms with van der Waals surface area (Å²) >= 11 is 1.15. The third-order valence-electron chi connectivity index (χ3n) is 8.05. The number of aliphatic hydroxyl groups is 1. The maximum Gasteiger partial charge on any atom is 0.236 e. The zero-order valence-electron chi connectivity index (χ0n) is 24.6. The molecule has 0 bridgehead atoms. The van der Waals surface area contributed by atoms with E-state index in [1.807, 2.05) is 19.9 Å². The molecule has 230 valence electrons. The Morgan fingerprint density at radius 3 is 2.52 bits per heavy atom. The van der Waals surface area contributed by atoms with E-state index in [1.54, 1.807) is 26.6 Å². The van der Waals surface area contributed by atoms with Crippen molar-refractivity contribution in [3.05, 3.63) is 46.6 Å². The van der Waals surface area contributed by atoms with Gasteiger partial charge in [0.1, 0.15) is 46.0 Å². The average molecular weight is 622 g/mol. The van der Waals surface area contributed by atoms with Gasteiger partial charge >= 0.3 is 0 Å². The number of benzene rings is 1. The summed E-state index contributed by atoms with van der Waals surface area (Å²) in [7, 11) is 0. The molecule has 0 spiro atoms. The number of thiazole rings is 1. The van der Waals surface area contributed by atoms with E-state index in [0.29, 0.717) is 90.5 Å². The number of hydrogen-bond acceptors (Lipinski definition) is 10. The second kappa shape index (κ2) is 12.4. The van der Waals surface area contributed by atoms with Crippen LogP contribution < -0.4 is 9.80 Å². The van der Waals surface area contributed by atoms with Gasteiger partial charge in [0.25, 0.3) is 0 Å². The van der Waals surface area contributed by atoms with Crippen LogP contribution in [0, 0.1) is 24.1 Å². The van der Waals surface area contributed by atoms with Gasteiger partial charge in [0.2, 0.25) is 5.91 Å². The SMILES string of the molecule is CCn1nc2c(C)cc(N3CCN(CC(=O)N4CC(O)C4)CC3)nc2c1N(CCF)c1nc(-c2ccc(F)cc2)c(C#N)s1. The topological polar surface area (TPSA) is 118 Å². The monoisotopic (exact) mass is 621 g/mol. The number of aromatic nitrogens is 4. The molecule has 14 heteroatoms. The third kappa shape index (κ3) is 5.70. The molecule has 1 N–H and O–H groups in total. The zero-order chi connectivity index (χ0) is 31.0. The molecule has 2 fully saturated rings. The molecule has 0 aliphatic carbocycles. The van der Waals surface area contributed by atoms with Gasteiger partial charge in [0.15, 0.2) is 10.9 Å². The molecule has 2 aliphatic heterocycles. The van der Waals surface area contributed by atoms with E-state index in [9.17, 15) is 23.9 Å². The lowest BCUT2D eigenvalue weighted by molar-refractivity contribution is -0.142. The fraction of sp³-hybridized carbons (Fsp3) is 0.433. The molecular weight excluding hydrogens is 588 g/mol. The molecule has 0 unspecified atom stereocenters. The summed E-state index contributed by atoms with van der Waals surface area (Å²) in [6.07, 6.45) is -0.413. The maximum atomic E-state index is 14.1. The minimum Gasteiger partial charge on any atom is -0.389 e. The quantitative estimate of drug-likeness (QED) is 0.300. The Morgan fingerprint density at radius 2 is 1.89 bits per heavy atom. The molecule has 1 aromatic carbocycles. The number of nitrogens with zero attached hydrogens (tertiary/aromatic N) is 9. The van der Waals surface area contributed by atoms with Crippen LogP contribution in [0.3, 0.4) is 0 Å². The number of halogens is 2. The second-order valence-corrected chi connectivity index (χ2v) is 12.0. The van der Waals surface area contributed by atoms with Crippen LogP contribution in [0.5, 0.6) is 0 Å². The molecule has 11 nitrogen and oxygen atoms in total. The number of alkyl halides is 1. The first kappa shape index (κ1) is 29.9. The molecule has 5 heterocycles. The van der Waals surface area contributed by atoms with Crippen molar-refractivity contribution < 1.29 is 18.7 Å². The minimum atomic E-state index is -0.667. The Bertz CT molecular complexity index is 1700. The number of aryl methyl sites for hydroxylation is 2. The van der Waals surface area contributed by atoms with E-state index in [1.165, 1.54) is 12.1 Å². The Kier molecular flexibility index (Phi) is 8.44. The number of carbonyl (C=O) groups excluding carboxylic acids is 1. The molecule has 1 amide bonds. The van der Waals surface area contributed by atoms with E-state index in [0.717, 1.165) is 22.7 Å². The van der Waals surface area contributed by atoms with Crippen molar-refractivity contribution in [3.8, 4) is 17.3 Å². The Labute approximate surface area is 257 Å². The van der Waals surface area contributed by atoms with Gasteiger partial charge in [-0.15, -0.1) is 0 Å². The molecule has 6 rings (SSSR count). The van der Waals surface area contributed by atoms with Gasteiger partial charge in [-0.05, 0) is 49.7 Å². The van der Waals surface area contributed by atoms with Gasteiger partial charge in [-0.25, -0.2) is 23.4 Å². The number of hydrogen-bond donors (Lipinski definition) is 1. The first-order chi connectivity index (χ1) is 21.3. The van der Waals surface area contributed by atoms with E-state index in [4.69, 9.17) is 15.1 Å². The highest BCUT2D eigenvalue weighted by Crippen LogP contribution is 2.39. The van der Waals surface area contributed by atoms with Gasteiger partial charge in [0, 0.05) is 51.4 Å². The van der Waals surface area contributed by atoms with Crippen LogP contribution in [0.1, 0.15) is 17.4 Å². The van der Waals surface area contributed by atoms with Crippen molar-refractivity contribution in [1.29, 1.82) is 5.26 Å². The van der Waals surface area contributed by atoms with Gasteiger partial charge in [-0.1, -0.05) is 11.3 Å². The first-order valence-electron chi connectivity index (χ1n) is 14.6. The number of aliphatic hydroxyl groups excluding tert-OH is 1. The number of anilines is 3. The molecule has 0 saturated carbocycles. The average Bonchev–Trinajstić information content (AvgIpc) is 3.61. The lowest BCUT2D eigenvalue weighted by Crippen LogP contribution is -2.57. The van der Waals surface area contributed by atoms with Crippen LogP contribution in [0.25, 0.3) is 22.3 Å². The number of nitriles is 1. The third-order valence-corrected chi connectivity index (χ3v) is 9.03. The normalized spacial score (nSPS) is 15.9. The predicted molar refractivity (Wildman–Crippen MR) is 164 cm³/mol. The van der Waals surface area contributed by atoms with Crippen LogP contribution in [0.15, 0.2) is 30.3 Å². The van der Waals surface area contributed by atoms with Crippen molar-refractivity contribution in [2.45, 2.75) is 26.5 Å². The van der Waals surface area contributed by atoms with E-state index in [-0.39, 0.29) is 18.3 Å². The number of piperazine rings is 1. The summed E-state index contributed by atoms with van der Waals surface area (Å²) in [5, 5.41) is 24.6. The number of carbonyl (C=O) groups is 1. The summed E-state index contributed by atoms with van der Waals surface area (Å²) in [5.74, 6) is 1.01. The standard InChI is InChI=1S/C30H33F2N9O2S/c1-3-41-29(40(9-8-31)30-35-27(23(15-33)44-30)20-4-6-21(32)7-5-20)28-26(36-41)19(2)14-24(34-28)38-12-10-37(11-13-38)18-25(43)39-16-22(42)17-39/h4-7,14,22,42H,3,8-13,16-18H2,1-2H3. The minimum absolute atomic E-state index is 0.0201. The highest BCUT2D eigenvalue weighted by atomic mass is 32.1. The van der Waals surface area contributed by atoms with Gasteiger partial charge in [-0.3, -0.25) is 14.6 Å². The van der Waals surface area contributed by atoms with Crippen molar-refractivity contribution in [2.75, 3.05) is 68.8 Å². The van der Waals surface area contributed by atoms with Crippen molar-refractivity contribution in [1.82, 2.24) is 29.5 Å². The summed E-state index contributed by atoms with van der Waals surface area (Å²) in [6.45, 7) is 7.63. The maximum absolute atomic E-state index is 14.1. The molecule has 2 aliphatic rings. The number of pyridine rings is 1. The second-order valence-electron chi connectivity index (χ2n) is 11.0.